The minimum Gasteiger partial charge on any atom is -0.496 e. The largest absolute Gasteiger partial charge is 0.496 e. The third kappa shape index (κ3) is 2.94. The summed E-state index contributed by atoms with van der Waals surface area (Å²) in [6.45, 7) is 0.225. The van der Waals surface area contributed by atoms with Crippen LogP contribution in [0.1, 0.15) is 11.1 Å². The first kappa shape index (κ1) is 14.0. The number of ether oxygens (including phenoxy) is 1. The SMILES string of the molecule is COc1cc(Cn2[nH]c(=O)ccc2=O)ccc1C(N)=S. The molecule has 20 heavy (non-hydrogen) atoms. The van der Waals surface area contributed by atoms with Crippen LogP contribution in [0.5, 0.6) is 5.75 Å². The number of H-pyrrole nitrogens is 1. The van der Waals surface area contributed by atoms with E-state index in [0.29, 0.717) is 11.3 Å². The molecule has 0 aliphatic rings. The predicted octanol–water partition coefficient (Wildman–Crippen LogP) is 0.228. The molecule has 0 saturated carbocycles. The van der Waals surface area contributed by atoms with E-state index in [1.807, 2.05) is 0 Å². The third-order valence-corrected chi connectivity index (χ3v) is 2.98. The summed E-state index contributed by atoms with van der Waals surface area (Å²) in [6, 6.07) is 7.64. The quantitative estimate of drug-likeness (QED) is 0.787. The van der Waals surface area contributed by atoms with Gasteiger partial charge in [0.25, 0.3) is 11.1 Å². The molecule has 0 spiro atoms. The van der Waals surface area contributed by atoms with Crippen molar-refractivity contribution in [1.29, 1.82) is 0 Å². The summed E-state index contributed by atoms with van der Waals surface area (Å²) in [5.41, 5.74) is 6.37. The molecule has 0 amide bonds. The van der Waals surface area contributed by atoms with Crippen molar-refractivity contribution in [2.45, 2.75) is 6.54 Å². The van der Waals surface area contributed by atoms with E-state index in [4.69, 9.17) is 22.7 Å². The van der Waals surface area contributed by atoms with Crippen molar-refractivity contribution < 1.29 is 4.74 Å². The van der Waals surface area contributed by atoms with Crippen molar-refractivity contribution in [3.8, 4) is 5.75 Å². The predicted molar refractivity (Wildman–Crippen MR) is 79.3 cm³/mol. The molecule has 0 aliphatic heterocycles. The van der Waals surface area contributed by atoms with E-state index in [1.54, 1.807) is 18.2 Å². The number of hydrogen-bond acceptors (Lipinski definition) is 4. The van der Waals surface area contributed by atoms with Gasteiger partial charge in [-0.2, -0.15) is 0 Å². The van der Waals surface area contributed by atoms with Crippen LogP contribution in [0.3, 0.4) is 0 Å². The monoisotopic (exact) mass is 291 g/mol. The summed E-state index contributed by atoms with van der Waals surface area (Å²) in [5, 5.41) is 2.46. The van der Waals surface area contributed by atoms with Crippen LogP contribution in [-0.2, 0) is 6.54 Å². The molecule has 3 N–H and O–H groups in total. The lowest BCUT2D eigenvalue weighted by Crippen LogP contribution is -2.28. The highest BCUT2D eigenvalue weighted by Gasteiger charge is 2.08. The second-order valence-corrected chi connectivity index (χ2v) is 4.57. The van der Waals surface area contributed by atoms with Crippen LogP contribution in [0.2, 0.25) is 0 Å². The average Bonchev–Trinajstić information content (AvgIpc) is 2.42. The van der Waals surface area contributed by atoms with Gasteiger partial charge in [0.05, 0.1) is 19.2 Å². The molecule has 104 valence electrons. The molecular formula is C13H13N3O3S. The number of nitrogens with one attached hydrogen (secondary N) is 1. The Hall–Kier alpha value is -2.41. The summed E-state index contributed by atoms with van der Waals surface area (Å²) in [7, 11) is 1.51. The maximum Gasteiger partial charge on any atom is 0.265 e. The van der Waals surface area contributed by atoms with Crippen LogP contribution in [-0.4, -0.2) is 21.9 Å². The highest BCUT2D eigenvalue weighted by Crippen LogP contribution is 2.20. The van der Waals surface area contributed by atoms with Gasteiger partial charge in [-0.25, -0.2) is 4.68 Å². The molecule has 0 aliphatic carbocycles. The molecule has 2 aromatic rings. The molecule has 1 aromatic heterocycles. The molecular weight excluding hydrogens is 278 g/mol. The molecule has 7 heteroatoms. The summed E-state index contributed by atoms with van der Waals surface area (Å²) < 4.78 is 6.43. The molecule has 2 rings (SSSR count). The average molecular weight is 291 g/mol. The van der Waals surface area contributed by atoms with Crippen molar-refractivity contribution in [2.24, 2.45) is 5.73 Å². The van der Waals surface area contributed by atoms with Gasteiger partial charge in [-0.3, -0.25) is 14.7 Å². The number of methoxy groups -OCH3 is 1. The van der Waals surface area contributed by atoms with E-state index in [9.17, 15) is 9.59 Å². The zero-order chi connectivity index (χ0) is 14.7. The summed E-state index contributed by atoms with van der Waals surface area (Å²) >= 11 is 4.92. The lowest BCUT2D eigenvalue weighted by atomic mass is 10.1. The van der Waals surface area contributed by atoms with Crippen molar-refractivity contribution in [3.05, 3.63) is 62.2 Å². The van der Waals surface area contributed by atoms with Crippen molar-refractivity contribution in [3.63, 3.8) is 0 Å². The zero-order valence-corrected chi connectivity index (χ0v) is 11.6. The first-order chi connectivity index (χ1) is 9.51. The van der Waals surface area contributed by atoms with Gasteiger partial charge in [-0.1, -0.05) is 18.3 Å². The Morgan fingerprint density at radius 3 is 2.75 bits per heavy atom. The lowest BCUT2D eigenvalue weighted by Gasteiger charge is -2.10. The Kier molecular flexibility index (Phi) is 3.99. The minimum absolute atomic E-state index is 0.225. The van der Waals surface area contributed by atoms with Gasteiger partial charge in [0.15, 0.2) is 0 Å². The fourth-order valence-corrected chi connectivity index (χ4v) is 1.97. The summed E-state index contributed by atoms with van der Waals surface area (Å²) in [5.74, 6) is 0.529. The summed E-state index contributed by atoms with van der Waals surface area (Å²) in [4.78, 5) is 23.1. The van der Waals surface area contributed by atoms with Gasteiger partial charge in [-0.15, -0.1) is 0 Å². The van der Waals surface area contributed by atoms with E-state index < -0.39 is 0 Å². The first-order valence-electron chi connectivity index (χ1n) is 5.78. The van der Waals surface area contributed by atoms with Crippen LogP contribution in [0.15, 0.2) is 39.9 Å². The molecule has 6 nitrogen and oxygen atoms in total. The molecule has 1 aromatic carbocycles. The smallest absolute Gasteiger partial charge is 0.265 e. The van der Waals surface area contributed by atoms with Gasteiger partial charge >= 0.3 is 0 Å². The first-order valence-corrected chi connectivity index (χ1v) is 6.19. The Bertz CT molecular complexity index is 764. The summed E-state index contributed by atoms with van der Waals surface area (Å²) in [6.07, 6.45) is 0. The van der Waals surface area contributed by atoms with Crippen molar-refractivity contribution in [2.75, 3.05) is 7.11 Å². The van der Waals surface area contributed by atoms with Crippen molar-refractivity contribution >= 4 is 17.2 Å². The zero-order valence-electron chi connectivity index (χ0n) is 10.8. The van der Waals surface area contributed by atoms with E-state index in [0.717, 1.165) is 5.56 Å². The molecule has 0 unspecified atom stereocenters. The van der Waals surface area contributed by atoms with Crippen LogP contribution >= 0.6 is 12.2 Å². The Balaban J connectivity index is 2.39. The highest BCUT2D eigenvalue weighted by molar-refractivity contribution is 7.80. The fraction of sp³-hybridized carbons (Fsp3) is 0.154. The van der Waals surface area contributed by atoms with Gasteiger partial charge < -0.3 is 10.5 Å². The molecule has 0 radical (unpaired) electrons. The van der Waals surface area contributed by atoms with Crippen LogP contribution in [0.4, 0.5) is 0 Å². The molecule has 0 bridgehead atoms. The molecule has 0 fully saturated rings. The number of aromatic amines is 1. The number of hydrogen-bond donors (Lipinski definition) is 2. The Labute approximate surface area is 119 Å². The number of benzene rings is 1. The van der Waals surface area contributed by atoms with Crippen LogP contribution in [0, 0.1) is 0 Å². The van der Waals surface area contributed by atoms with E-state index in [2.05, 4.69) is 5.10 Å². The van der Waals surface area contributed by atoms with E-state index in [-0.39, 0.29) is 22.7 Å². The van der Waals surface area contributed by atoms with Gasteiger partial charge in [0.2, 0.25) is 0 Å². The Morgan fingerprint density at radius 1 is 1.35 bits per heavy atom. The number of rotatable bonds is 4. The third-order valence-electron chi connectivity index (χ3n) is 2.76. The Morgan fingerprint density at radius 2 is 2.10 bits per heavy atom. The van der Waals surface area contributed by atoms with Gasteiger partial charge in [0.1, 0.15) is 10.7 Å². The topological polar surface area (TPSA) is 90.1 Å². The van der Waals surface area contributed by atoms with Gasteiger partial charge in [0, 0.05) is 12.1 Å². The van der Waals surface area contributed by atoms with Crippen LogP contribution in [0.25, 0.3) is 0 Å². The molecule has 0 saturated heterocycles. The second kappa shape index (κ2) is 5.70. The second-order valence-electron chi connectivity index (χ2n) is 4.13. The number of thiocarbonyl (C=S) groups is 1. The van der Waals surface area contributed by atoms with Crippen molar-refractivity contribution in [1.82, 2.24) is 9.78 Å². The van der Waals surface area contributed by atoms with E-state index >= 15 is 0 Å². The normalized spacial score (nSPS) is 10.2. The standard InChI is InChI=1S/C13H13N3O3S/c1-19-10-6-8(2-3-9(10)13(14)20)7-16-12(18)5-4-11(17)15-16/h2-6H,7H2,1H3,(H2,14,20)(H,15,17). The maximum absolute atomic E-state index is 11.6. The number of nitrogens with two attached hydrogens (primary N) is 1. The lowest BCUT2D eigenvalue weighted by molar-refractivity contribution is 0.413. The molecule has 0 atom stereocenters. The van der Waals surface area contributed by atoms with E-state index in [1.165, 1.54) is 23.9 Å². The maximum atomic E-state index is 11.6. The number of aromatic nitrogens is 2. The van der Waals surface area contributed by atoms with Gasteiger partial charge in [-0.05, 0) is 17.7 Å². The minimum atomic E-state index is -0.337. The fourth-order valence-electron chi connectivity index (χ4n) is 1.80. The number of nitrogens with zero attached hydrogens (tertiary/aromatic N) is 1. The highest BCUT2D eigenvalue weighted by atomic mass is 32.1. The molecule has 1 heterocycles. The van der Waals surface area contributed by atoms with Crippen LogP contribution < -0.4 is 21.6 Å².